The zero-order chi connectivity index (χ0) is 47.9. The third-order valence-electron chi connectivity index (χ3n) is 13.4. The lowest BCUT2D eigenvalue weighted by Gasteiger charge is -2.22. The fourth-order valence-corrected chi connectivity index (χ4v) is 8.93. The highest BCUT2D eigenvalue weighted by Crippen LogP contribution is 2.17. The maximum Gasteiger partial charge on any atom is 0.305 e. The molecule has 0 aromatic heterocycles. The van der Waals surface area contributed by atoms with Gasteiger partial charge in [-0.25, -0.2) is 0 Å². The Labute approximate surface area is 411 Å². The van der Waals surface area contributed by atoms with E-state index in [-0.39, 0.29) is 18.5 Å². The third-order valence-corrected chi connectivity index (χ3v) is 13.4. The Morgan fingerprint density at radius 1 is 0.424 bits per heavy atom. The second-order valence-electron chi connectivity index (χ2n) is 20.0. The average Bonchev–Trinajstić information content (AvgIpc) is 3.32. The topological polar surface area (TPSA) is 95.9 Å². The molecular formula is C60H113NO5. The highest BCUT2D eigenvalue weighted by atomic mass is 16.5. The van der Waals surface area contributed by atoms with E-state index in [2.05, 4.69) is 55.6 Å². The van der Waals surface area contributed by atoms with Crippen molar-refractivity contribution in [3.05, 3.63) is 36.5 Å². The number of hydrogen-bond donors (Lipinski definition) is 3. The van der Waals surface area contributed by atoms with Gasteiger partial charge in [0.05, 0.1) is 25.4 Å². The van der Waals surface area contributed by atoms with Gasteiger partial charge in [-0.3, -0.25) is 9.59 Å². The second kappa shape index (κ2) is 55.7. The summed E-state index contributed by atoms with van der Waals surface area (Å²) in [6.07, 6.45) is 68.7. The van der Waals surface area contributed by atoms with Crippen molar-refractivity contribution in [2.75, 3.05) is 13.2 Å². The Bertz CT molecular complexity index is 1070. The van der Waals surface area contributed by atoms with Gasteiger partial charge in [-0.05, 0) is 64.2 Å². The third kappa shape index (κ3) is 51.5. The van der Waals surface area contributed by atoms with Crippen LogP contribution in [0, 0.1) is 0 Å². The van der Waals surface area contributed by atoms with E-state index in [1.54, 1.807) is 0 Å². The minimum absolute atomic E-state index is 0.0383. The van der Waals surface area contributed by atoms with Crippen LogP contribution < -0.4 is 5.32 Å². The van der Waals surface area contributed by atoms with Gasteiger partial charge in [0.2, 0.25) is 5.91 Å². The van der Waals surface area contributed by atoms with Gasteiger partial charge in [0.25, 0.3) is 0 Å². The Hall–Kier alpha value is -1.92. The molecule has 0 aliphatic heterocycles. The monoisotopic (exact) mass is 928 g/mol. The summed E-state index contributed by atoms with van der Waals surface area (Å²) >= 11 is 0. The van der Waals surface area contributed by atoms with Crippen molar-refractivity contribution in [1.29, 1.82) is 0 Å². The zero-order valence-electron chi connectivity index (χ0n) is 44.2. The number of rotatable bonds is 54. The predicted octanol–water partition coefficient (Wildman–Crippen LogP) is 18.0. The Morgan fingerprint density at radius 2 is 0.773 bits per heavy atom. The lowest BCUT2D eigenvalue weighted by Crippen LogP contribution is -2.45. The van der Waals surface area contributed by atoms with Gasteiger partial charge in [-0.15, -0.1) is 0 Å². The molecule has 2 unspecified atom stereocenters. The van der Waals surface area contributed by atoms with Crippen LogP contribution in [0.25, 0.3) is 0 Å². The van der Waals surface area contributed by atoms with Crippen molar-refractivity contribution >= 4 is 11.9 Å². The molecule has 0 fully saturated rings. The van der Waals surface area contributed by atoms with Gasteiger partial charge in [0, 0.05) is 12.8 Å². The predicted molar refractivity (Wildman–Crippen MR) is 287 cm³/mol. The number of hydrogen-bond acceptors (Lipinski definition) is 5. The number of unbranched alkanes of at least 4 members (excludes halogenated alkanes) is 37. The SMILES string of the molecule is CCCC/C=C\CCCCCCCC(=O)OCC/C=C\C/C=C\CCCCCCCCCCCCCCCCC(=O)NC(CO)C(O)CCCCCCCCCCCCCCCCCCC. The standard InChI is InChI=1S/C60H113NO5/c1-3-5-7-9-11-13-15-16-17-23-26-29-33-36-40-44-48-52-58(63)57(56-62)61-59(64)53-49-45-41-37-34-30-27-24-21-19-18-20-22-25-28-31-35-39-43-47-51-55-66-60(65)54-50-46-42-38-32-14-12-10-8-6-4-2/h10,12,31,35,43,47,57-58,62-63H,3-9,11,13-30,32-34,36-42,44-46,48-56H2,1-2H3,(H,61,64)/b12-10-,35-31-,47-43-. The number of carbonyl (C=O) groups excluding carboxylic acids is 2. The molecule has 0 aromatic carbocycles. The molecular weight excluding hydrogens is 815 g/mol. The Balaban J connectivity index is 3.46. The van der Waals surface area contributed by atoms with E-state index >= 15 is 0 Å². The molecule has 66 heavy (non-hydrogen) atoms. The van der Waals surface area contributed by atoms with Crippen LogP contribution in [-0.2, 0) is 14.3 Å². The van der Waals surface area contributed by atoms with Crippen LogP contribution in [0.3, 0.4) is 0 Å². The number of amides is 1. The number of allylic oxidation sites excluding steroid dienone is 5. The summed E-state index contributed by atoms with van der Waals surface area (Å²) in [5.74, 6) is -0.0847. The van der Waals surface area contributed by atoms with E-state index < -0.39 is 12.1 Å². The highest BCUT2D eigenvalue weighted by molar-refractivity contribution is 5.76. The summed E-state index contributed by atoms with van der Waals surface area (Å²) in [6.45, 7) is 4.81. The molecule has 0 heterocycles. The van der Waals surface area contributed by atoms with E-state index in [0.717, 1.165) is 51.4 Å². The van der Waals surface area contributed by atoms with Gasteiger partial charge in [0.15, 0.2) is 0 Å². The molecule has 0 rings (SSSR count). The molecule has 1 amide bonds. The smallest absolute Gasteiger partial charge is 0.305 e. The van der Waals surface area contributed by atoms with E-state index in [1.807, 2.05) is 0 Å². The maximum atomic E-state index is 12.5. The summed E-state index contributed by atoms with van der Waals surface area (Å²) < 4.78 is 5.39. The minimum atomic E-state index is -0.668. The molecule has 0 spiro atoms. The summed E-state index contributed by atoms with van der Waals surface area (Å²) in [5, 5.41) is 23.3. The normalized spacial score (nSPS) is 12.8. The molecule has 0 aromatic rings. The van der Waals surface area contributed by atoms with Crippen molar-refractivity contribution in [2.24, 2.45) is 0 Å². The van der Waals surface area contributed by atoms with Crippen LogP contribution in [0.4, 0.5) is 0 Å². The van der Waals surface area contributed by atoms with Crippen molar-refractivity contribution in [1.82, 2.24) is 5.32 Å². The number of aliphatic hydroxyl groups excluding tert-OH is 2. The molecule has 0 saturated carbocycles. The molecule has 0 bridgehead atoms. The first-order valence-electron chi connectivity index (χ1n) is 29.2. The molecule has 388 valence electrons. The fourth-order valence-electron chi connectivity index (χ4n) is 8.93. The molecule has 0 aliphatic carbocycles. The quantitative estimate of drug-likeness (QED) is 0.0321. The Morgan fingerprint density at radius 3 is 1.21 bits per heavy atom. The summed E-state index contributed by atoms with van der Waals surface area (Å²) in [6, 6.07) is -0.546. The largest absolute Gasteiger partial charge is 0.465 e. The summed E-state index contributed by atoms with van der Waals surface area (Å²) in [4.78, 5) is 24.4. The van der Waals surface area contributed by atoms with Crippen molar-refractivity contribution in [3.8, 4) is 0 Å². The maximum absolute atomic E-state index is 12.5. The van der Waals surface area contributed by atoms with Gasteiger partial charge in [-0.2, -0.15) is 0 Å². The fraction of sp³-hybridized carbons (Fsp3) is 0.867. The number of aliphatic hydroxyl groups is 2. The molecule has 0 aliphatic rings. The van der Waals surface area contributed by atoms with Crippen molar-refractivity contribution < 1.29 is 24.5 Å². The van der Waals surface area contributed by atoms with Crippen LogP contribution in [0.1, 0.15) is 309 Å². The van der Waals surface area contributed by atoms with Crippen molar-refractivity contribution in [2.45, 2.75) is 321 Å². The van der Waals surface area contributed by atoms with E-state index in [1.165, 1.54) is 225 Å². The molecule has 0 saturated heterocycles. The number of nitrogens with one attached hydrogen (secondary N) is 1. The second-order valence-corrected chi connectivity index (χ2v) is 20.0. The number of ether oxygens (including phenoxy) is 1. The van der Waals surface area contributed by atoms with Gasteiger partial charge < -0.3 is 20.3 Å². The average molecular weight is 929 g/mol. The lowest BCUT2D eigenvalue weighted by atomic mass is 10.0. The minimum Gasteiger partial charge on any atom is -0.465 e. The first-order chi connectivity index (χ1) is 32.5. The molecule has 2 atom stereocenters. The van der Waals surface area contributed by atoms with Crippen molar-refractivity contribution in [3.63, 3.8) is 0 Å². The molecule has 0 radical (unpaired) electrons. The summed E-state index contributed by atoms with van der Waals surface area (Å²) in [7, 11) is 0. The lowest BCUT2D eigenvalue weighted by molar-refractivity contribution is -0.143. The first-order valence-corrected chi connectivity index (χ1v) is 29.2. The van der Waals surface area contributed by atoms with Gasteiger partial charge in [0.1, 0.15) is 0 Å². The van der Waals surface area contributed by atoms with Crippen LogP contribution in [-0.4, -0.2) is 47.4 Å². The van der Waals surface area contributed by atoms with Gasteiger partial charge in [-0.1, -0.05) is 269 Å². The molecule has 3 N–H and O–H groups in total. The van der Waals surface area contributed by atoms with Crippen LogP contribution in [0.5, 0.6) is 0 Å². The molecule has 6 heteroatoms. The number of esters is 1. The van der Waals surface area contributed by atoms with Crippen LogP contribution in [0.15, 0.2) is 36.5 Å². The van der Waals surface area contributed by atoms with E-state index in [9.17, 15) is 19.8 Å². The van der Waals surface area contributed by atoms with E-state index in [0.29, 0.717) is 25.9 Å². The van der Waals surface area contributed by atoms with Crippen LogP contribution in [0.2, 0.25) is 0 Å². The van der Waals surface area contributed by atoms with Crippen LogP contribution >= 0.6 is 0 Å². The highest BCUT2D eigenvalue weighted by Gasteiger charge is 2.20. The first kappa shape index (κ1) is 64.1. The zero-order valence-corrected chi connectivity index (χ0v) is 44.2. The molecule has 6 nitrogen and oxygen atoms in total. The summed E-state index contributed by atoms with van der Waals surface area (Å²) in [5.41, 5.74) is 0. The van der Waals surface area contributed by atoms with E-state index in [4.69, 9.17) is 4.74 Å². The number of carbonyl (C=O) groups is 2. The van der Waals surface area contributed by atoms with Gasteiger partial charge >= 0.3 is 5.97 Å². The Kier molecular flexibility index (Phi) is 54.1.